The molecule has 0 saturated heterocycles. The number of fused-ring (bicyclic) bond motifs is 8. The van der Waals surface area contributed by atoms with Crippen LogP contribution in [-0.2, 0) is 0 Å². The molecule has 162 valence electrons. The van der Waals surface area contributed by atoms with Crippen LogP contribution in [0.4, 0.5) is 0 Å². The zero-order valence-electron chi connectivity index (χ0n) is 19.1. The van der Waals surface area contributed by atoms with Gasteiger partial charge in [0.1, 0.15) is 0 Å². The fraction of sp³-hybridized carbons (Fsp3) is 0. The topological polar surface area (TPSA) is 4.41 Å². The molecule has 35 heavy (non-hydrogen) atoms. The van der Waals surface area contributed by atoms with E-state index < -0.39 is 0 Å². The molecule has 0 saturated carbocycles. The molecular formula is C34H21N. The molecule has 1 nitrogen and oxygen atoms in total. The Morgan fingerprint density at radius 3 is 1.97 bits per heavy atom. The molecule has 0 N–H and O–H groups in total. The number of hydrogen-bond acceptors (Lipinski definition) is 0. The summed E-state index contributed by atoms with van der Waals surface area (Å²) in [5.41, 5.74) is 8.89. The molecule has 0 amide bonds. The van der Waals surface area contributed by atoms with Gasteiger partial charge >= 0.3 is 0 Å². The minimum absolute atomic E-state index is 1.25. The van der Waals surface area contributed by atoms with Crippen LogP contribution in [0.3, 0.4) is 0 Å². The molecule has 0 aliphatic carbocycles. The smallest absolute Gasteiger partial charge is 0.0620 e. The van der Waals surface area contributed by atoms with E-state index in [4.69, 9.17) is 0 Å². The van der Waals surface area contributed by atoms with Gasteiger partial charge < -0.3 is 4.40 Å². The maximum atomic E-state index is 2.47. The Labute approximate surface area is 202 Å². The van der Waals surface area contributed by atoms with Crippen molar-refractivity contribution in [2.45, 2.75) is 0 Å². The van der Waals surface area contributed by atoms with Crippen molar-refractivity contribution in [1.82, 2.24) is 4.40 Å². The largest absolute Gasteiger partial charge is 0.308 e. The zero-order chi connectivity index (χ0) is 22.9. The van der Waals surface area contributed by atoms with E-state index in [1.807, 2.05) is 0 Å². The molecule has 0 aliphatic rings. The molecule has 0 aliphatic heterocycles. The van der Waals surface area contributed by atoms with Gasteiger partial charge in [-0.25, -0.2) is 0 Å². The third-order valence-electron chi connectivity index (χ3n) is 7.53. The average Bonchev–Trinajstić information content (AvgIpc) is 3.45. The van der Waals surface area contributed by atoms with Crippen LogP contribution in [0.1, 0.15) is 0 Å². The molecule has 2 aromatic heterocycles. The average molecular weight is 444 g/mol. The lowest BCUT2D eigenvalue weighted by atomic mass is 9.93. The summed E-state index contributed by atoms with van der Waals surface area (Å²) in [6.45, 7) is 0. The first-order valence-corrected chi connectivity index (χ1v) is 12.1. The first-order valence-electron chi connectivity index (χ1n) is 12.1. The maximum absolute atomic E-state index is 2.47. The monoisotopic (exact) mass is 443 g/mol. The molecular weight excluding hydrogens is 422 g/mol. The van der Waals surface area contributed by atoms with Crippen LogP contribution in [0.5, 0.6) is 0 Å². The Morgan fingerprint density at radius 2 is 1.09 bits per heavy atom. The van der Waals surface area contributed by atoms with Crippen LogP contribution in [0.25, 0.3) is 71.1 Å². The molecule has 0 unspecified atom stereocenters. The summed E-state index contributed by atoms with van der Waals surface area (Å²) >= 11 is 0. The van der Waals surface area contributed by atoms with Crippen LogP contribution >= 0.6 is 0 Å². The number of para-hydroxylation sites is 1. The van der Waals surface area contributed by atoms with E-state index in [1.165, 1.54) is 71.1 Å². The molecule has 0 atom stereocenters. The SMILES string of the molecule is c1ccc(-c2ccccc2-c2ccc3c(c2)c2cccc4c5c6ccccc6ccc5n3c24)cc1. The van der Waals surface area contributed by atoms with Gasteiger partial charge in [-0.1, -0.05) is 109 Å². The van der Waals surface area contributed by atoms with E-state index in [-0.39, 0.29) is 0 Å². The van der Waals surface area contributed by atoms with E-state index in [0.717, 1.165) is 0 Å². The highest BCUT2D eigenvalue weighted by atomic mass is 14.9. The Hall–Kier alpha value is -4.62. The molecule has 0 bridgehead atoms. The second kappa shape index (κ2) is 6.94. The number of hydrogen-bond donors (Lipinski definition) is 0. The van der Waals surface area contributed by atoms with E-state index in [0.29, 0.717) is 0 Å². The van der Waals surface area contributed by atoms with Crippen LogP contribution in [0, 0.1) is 0 Å². The number of rotatable bonds is 2. The lowest BCUT2D eigenvalue weighted by Gasteiger charge is -2.11. The second-order valence-corrected chi connectivity index (χ2v) is 9.36. The first kappa shape index (κ1) is 18.8. The number of aromatic nitrogens is 1. The summed E-state index contributed by atoms with van der Waals surface area (Å²) in [4.78, 5) is 0. The molecule has 0 spiro atoms. The zero-order valence-corrected chi connectivity index (χ0v) is 19.1. The van der Waals surface area contributed by atoms with Gasteiger partial charge in [0.15, 0.2) is 0 Å². The van der Waals surface area contributed by atoms with Crippen LogP contribution in [0.2, 0.25) is 0 Å². The molecule has 8 rings (SSSR count). The van der Waals surface area contributed by atoms with Gasteiger partial charge in [0.05, 0.1) is 16.6 Å². The van der Waals surface area contributed by atoms with Crippen LogP contribution in [-0.4, -0.2) is 4.40 Å². The van der Waals surface area contributed by atoms with Crippen molar-refractivity contribution in [1.29, 1.82) is 0 Å². The quantitative estimate of drug-likeness (QED) is 0.251. The fourth-order valence-corrected chi connectivity index (χ4v) is 6.02. The normalized spacial score (nSPS) is 12.0. The minimum atomic E-state index is 1.25. The number of benzene rings is 6. The third kappa shape index (κ3) is 2.53. The van der Waals surface area contributed by atoms with E-state index in [2.05, 4.69) is 132 Å². The van der Waals surface area contributed by atoms with E-state index >= 15 is 0 Å². The Balaban J connectivity index is 1.46. The molecule has 0 fully saturated rings. The van der Waals surface area contributed by atoms with Crippen molar-refractivity contribution in [3.05, 3.63) is 127 Å². The number of nitrogens with zero attached hydrogens (tertiary/aromatic N) is 1. The van der Waals surface area contributed by atoms with Crippen molar-refractivity contribution in [2.75, 3.05) is 0 Å². The van der Waals surface area contributed by atoms with Crippen molar-refractivity contribution < 1.29 is 0 Å². The predicted octanol–water partition coefficient (Wildman–Crippen LogP) is 9.32. The summed E-state index contributed by atoms with van der Waals surface area (Å²) in [5, 5.41) is 7.92. The standard InChI is InChI=1S/C34H21N/c1-2-9-22(10-3-1)25-12-6-7-13-26(25)24-18-19-31-30(21-24)28-15-8-16-29-33-27-14-5-4-11-23(27)17-20-32(33)35(31)34(28)29/h1-21H. The summed E-state index contributed by atoms with van der Waals surface area (Å²) in [5.74, 6) is 0. The van der Waals surface area contributed by atoms with Crippen molar-refractivity contribution in [2.24, 2.45) is 0 Å². The van der Waals surface area contributed by atoms with Gasteiger partial charge in [0, 0.05) is 21.5 Å². The highest BCUT2D eigenvalue weighted by molar-refractivity contribution is 6.28. The van der Waals surface area contributed by atoms with E-state index in [9.17, 15) is 0 Å². The fourth-order valence-electron chi connectivity index (χ4n) is 6.02. The molecule has 8 aromatic rings. The molecule has 1 heteroatoms. The third-order valence-corrected chi connectivity index (χ3v) is 7.53. The van der Waals surface area contributed by atoms with Gasteiger partial charge in [-0.3, -0.25) is 0 Å². The maximum Gasteiger partial charge on any atom is 0.0620 e. The first-order chi connectivity index (χ1) is 17.4. The Kier molecular flexibility index (Phi) is 3.72. The minimum Gasteiger partial charge on any atom is -0.308 e. The highest BCUT2D eigenvalue weighted by Gasteiger charge is 2.19. The second-order valence-electron chi connectivity index (χ2n) is 9.36. The summed E-state index contributed by atoms with van der Waals surface area (Å²) in [7, 11) is 0. The lowest BCUT2D eigenvalue weighted by Crippen LogP contribution is -1.86. The van der Waals surface area contributed by atoms with Crippen LogP contribution in [0.15, 0.2) is 127 Å². The predicted molar refractivity (Wildman–Crippen MR) is 149 cm³/mol. The van der Waals surface area contributed by atoms with Crippen LogP contribution < -0.4 is 0 Å². The summed E-state index contributed by atoms with van der Waals surface area (Å²) < 4.78 is 2.47. The molecule has 2 heterocycles. The van der Waals surface area contributed by atoms with Gasteiger partial charge in [0.2, 0.25) is 0 Å². The Bertz CT molecular complexity index is 2040. The Morgan fingerprint density at radius 1 is 0.400 bits per heavy atom. The van der Waals surface area contributed by atoms with Gasteiger partial charge in [-0.05, 0) is 51.2 Å². The van der Waals surface area contributed by atoms with Crippen molar-refractivity contribution in [3.8, 4) is 22.3 Å². The molecule has 6 aromatic carbocycles. The lowest BCUT2D eigenvalue weighted by molar-refractivity contribution is 1.37. The van der Waals surface area contributed by atoms with Gasteiger partial charge in [-0.15, -0.1) is 0 Å². The van der Waals surface area contributed by atoms with E-state index in [1.54, 1.807) is 0 Å². The summed E-state index contributed by atoms with van der Waals surface area (Å²) in [6, 6.07) is 46.4. The summed E-state index contributed by atoms with van der Waals surface area (Å²) in [6.07, 6.45) is 0. The van der Waals surface area contributed by atoms with Crippen molar-refractivity contribution in [3.63, 3.8) is 0 Å². The van der Waals surface area contributed by atoms with Gasteiger partial charge in [0.25, 0.3) is 0 Å². The highest BCUT2D eigenvalue weighted by Crippen LogP contribution is 2.43. The molecule has 0 radical (unpaired) electrons. The van der Waals surface area contributed by atoms with Gasteiger partial charge in [-0.2, -0.15) is 0 Å². The van der Waals surface area contributed by atoms with Crippen molar-refractivity contribution >= 4 is 48.9 Å².